The molecule has 27 heavy (non-hydrogen) atoms. The predicted molar refractivity (Wildman–Crippen MR) is 110 cm³/mol. The van der Waals surface area contributed by atoms with E-state index in [-0.39, 0.29) is 18.3 Å². The number of amides is 1. The number of nitrogens with zero attached hydrogens (tertiary/aromatic N) is 1. The summed E-state index contributed by atoms with van der Waals surface area (Å²) in [7, 11) is 0. The third-order valence-corrected chi connectivity index (χ3v) is 5.53. The number of halogens is 2. The summed E-state index contributed by atoms with van der Waals surface area (Å²) in [6.45, 7) is 4.33. The van der Waals surface area contributed by atoms with E-state index < -0.39 is 0 Å². The standard InChI is InChI=1S/C21H23ClN2O2.ClH/c22-19-5-1-4-16(7-19)14-26-20-6-2-3-15(8-20)9-21(25)24-12-17-10-23-11-18(17)13-24;/h1-8,17-18,23H,9-14H2;1H/t17-,18+;. The van der Waals surface area contributed by atoms with Crippen molar-refractivity contribution in [1.29, 1.82) is 0 Å². The quantitative estimate of drug-likeness (QED) is 0.824. The molecule has 2 aromatic carbocycles. The van der Waals surface area contributed by atoms with Crippen molar-refractivity contribution in [2.45, 2.75) is 13.0 Å². The monoisotopic (exact) mass is 406 g/mol. The highest BCUT2D eigenvalue weighted by molar-refractivity contribution is 6.30. The van der Waals surface area contributed by atoms with Gasteiger partial charge in [0.15, 0.2) is 0 Å². The molecule has 2 aliphatic heterocycles. The maximum Gasteiger partial charge on any atom is 0.227 e. The van der Waals surface area contributed by atoms with Crippen LogP contribution in [0.4, 0.5) is 0 Å². The second-order valence-corrected chi connectivity index (χ2v) is 7.66. The highest BCUT2D eigenvalue weighted by Crippen LogP contribution is 2.27. The van der Waals surface area contributed by atoms with E-state index in [0.717, 1.165) is 43.1 Å². The highest BCUT2D eigenvalue weighted by Gasteiger charge is 2.37. The molecule has 0 saturated carbocycles. The van der Waals surface area contributed by atoms with Crippen LogP contribution in [0.5, 0.6) is 5.75 Å². The van der Waals surface area contributed by atoms with Gasteiger partial charge in [-0.05, 0) is 47.2 Å². The molecule has 2 aromatic rings. The van der Waals surface area contributed by atoms with Crippen molar-refractivity contribution in [1.82, 2.24) is 10.2 Å². The molecule has 6 heteroatoms. The first-order chi connectivity index (χ1) is 12.7. The van der Waals surface area contributed by atoms with Gasteiger partial charge in [-0.25, -0.2) is 0 Å². The molecule has 1 N–H and O–H groups in total. The Morgan fingerprint density at radius 2 is 1.78 bits per heavy atom. The lowest BCUT2D eigenvalue weighted by atomic mass is 10.0. The summed E-state index contributed by atoms with van der Waals surface area (Å²) < 4.78 is 5.86. The Kier molecular flexibility index (Phi) is 6.64. The van der Waals surface area contributed by atoms with Crippen LogP contribution in [-0.2, 0) is 17.8 Å². The minimum Gasteiger partial charge on any atom is -0.489 e. The first-order valence-corrected chi connectivity index (χ1v) is 9.50. The largest absolute Gasteiger partial charge is 0.489 e. The van der Waals surface area contributed by atoms with Crippen molar-refractivity contribution in [3.05, 3.63) is 64.7 Å². The Hall–Kier alpha value is -1.75. The zero-order valence-electron chi connectivity index (χ0n) is 15.1. The molecule has 144 valence electrons. The second-order valence-electron chi connectivity index (χ2n) is 7.22. The molecule has 0 unspecified atom stereocenters. The number of fused-ring (bicyclic) bond motifs is 1. The van der Waals surface area contributed by atoms with Gasteiger partial charge >= 0.3 is 0 Å². The number of benzene rings is 2. The number of carbonyl (C=O) groups excluding carboxylic acids is 1. The Labute approximate surface area is 171 Å². The van der Waals surface area contributed by atoms with Crippen molar-refractivity contribution in [3.63, 3.8) is 0 Å². The molecule has 2 heterocycles. The smallest absolute Gasteiger partial charge is 0.227 e. The number of hydrogen-bond acceptors (Lipinski definition) is 3. The van der Waals surface area contributed by atoms with Crippen LogP contribution < -0.4 is 10.1 Å². The fourth-order valence-corrected chi connectivity index (χ4v) is 4.10. The molecule has 2 atom stereocenters. The summed E-state index contributed by atoms with van der Waals surface area (Å²) in [6.07, 6.45) is 0.432. The summed E-state index contributed by atoms with van der Waals surface area (Å²) in [5.74, 6) is 2.25. The lowest BCUT2D eigenvalue weighted by Crippen LogP contribution is -2.32. The molecule has 0 aliphatic carbocycles. The van der Waals surface area contributed by atoms with Gasteiger partial charge in [0, 0.05) is 31.2 Å². The van der Waals surface area contributed by atoms with Crippen LogP contribution in [0.15, 0.2) is 48.5 Å². The lowest BCUT2D eigenvalue weighted by molar-refractivity contribution is -0.129. The fourth-order valence-electron chi connectivity index (χ4n) is 3.88. The zero-order chi connectivity index (χ0) is 17.9. The Morgan fingerprint density at radius 1 is 1.07 bits per heavy atom. The number of rotatable bonds is 5. The first kappa shape index (κ1) is 20.0. The molecule has 2 saturated heterocycles. The molecule has 0 radical (unpaired) electrons. The van der Waals surface area contributed by atoms with Crippen LogP contribution in [0.3, 0.4) is 0 Å². The average molecular weight is 407 g/mol. The van der Waals surface area contributed by atoms with Gasteiger partial charge in [0.1, 0.15) is 12.4 Å². The molecule has 0 bridgehead atoms. The maximum atomic E-state index is 12.6. The molecular formula is C21H24Cl2N2O2. The van der Waals surface area contributed by atoms with Crippen LogP contribution in [0.1, 0.15) is 11.1 Å². The molecule has 4 rings (SSSR count). The van der Waals surface area contributed by atoms with E-state index in [2.05, 4.69) is 5.32 Å². The van der Waals surface area contributed by atoms with Crippen LogP contribution in [0.25, 0.3) is 0 Å². The van der Waals surface area contributed by atoms with E-state index in [4.69, 9.17) is 16.3 Å². The summed E-state index contributed by atoms with van der Waals surface area (Å²) >= 11 is 6.00. The van der Waals surface area contributed by atoms with Gasteiger partial charge in [0.05, 0.1) is 6.42 Å². The van der Waals surface area contributed by atoms with Gasteiger partial charge in [-0.3, -0.25) is 4.79 Å². The van der Waals surface area contributed by atoms with Gasteiger partial charge < -0.3 is 15.0 Å². The van der Waals surface area contributed by atoms with E-state index in [9.17, 15) is 4.79 Å². The van der Waals surface area contributed by atoms with Gasteiger partial charge in [0.25, 0.3) is 0 Å². The topological polar surface area (TPSA) is 41.6 Å². The Balaban J connectivity index is 0.00000210. The third-order valence-electron chi connectivity index (χ3n) is 5.29. The molecule has 0 aromatic heterocycles. The molecular weight excluding hydrogens is 383 g/mol. The first-order valence-electron chi connectivity index (χ1n) is 9.12. The molecule has 2 fully saturated rings. The predicted octanol–water partition coefficient (Wildman–Crippen LogP) is 3.56. The van der Waals surface area contributed by atoms with E-state index >= 15 is 0 Å². The lowest BCUT2D eigenvalue weighted by Gasteiger charge is -2.17. The molecule has 1 amide bonds. The van der Waals surface area contributed by atoms with Crippen molar-refractivity contribution < 1.29 is 9.53 Å². The minimum absolute atomic E-state index is 0. The van der Waals surface area contributed by atoms with E-state index in [1.54, 1.807) is 0 Å². The minimum atomic E-state index is 0. The highest BCUT2D eigenvalue weighted by atomic mass is 35.5. The zero-order valence-corrected chi connectivity index (χ0v) is 16.6. The van der Waals surface area contributed by atoms with Crippen LogP contribution >= 0.6 is 24.0 Å². The van der Waals surface area contributed by atoms with E-state index in [1.807, 2.05) is 53.4 Å². The van der Waals surface area contributed by atoms with Crippen molar-refractivity contribution in [2.24, 2.45) is 11.8 Å². The van der Waals surface area contributed by atoms with Crippen molar-refractivity contribution in [2.75, 3.05) is 26.2 Å². The van der Waals surface area contributed by atoms with Gasteiger partial charge in [-0.2, -0.15) is 0 Å². The molecule has 4 nitrogen and oxygen atoms in total. The third kappa shape index (κ3) is 4.95. The molecule has 2 aliphatic rings. The average Bonchev–Trinajstić information content (AvgIpc) is 3.22. The SMILES string of the molecule is Cl.O=C(Cc1cccc(OCc2cccc(Cl)c2)c1)N1C[C@H]2CNC[C@H]2C1. The summed E-state index contributed by atoms with van der Waals surface area (Å²) in [4.78, 5) is 14.6. The number of hydrogen-bond donors (Lipinski definition) is 1. The fraction of sp³-hybridized carbons (Fsp3) is 0.381. The number of likely N-dealkylation sites (tertiary alicyclic amines) is 1. The number of carbonyl (C=O) groups is 1. The van der Waals surface area contributed by atoms with Gasteiger partial charge in [0.2, 0.25) is 5.91 Å². The van der Waals surface area contributed by atoms with Crippen molar-refractivity contribution in [3.8, 4) is 5.75 Å². The van der Waals surface area contributed by atoms with Crippen LogP contribution in [-0.4, -0.2) is 37.0 Å². The Bertz CT molecular complexity index is 787. The summed E-state index contributed by atoms with van der Waals surface area (Å²) in [6, 6.07) is 15.5. The van der Waals surface area contributed by atoms with Gasteiger partial charge in [-0.15, -0.1) is 12.4 Å². The van der Waals surface area contributed by atoms with E-state index in [1.165, 1.54) is 0 Å². The second kappa shape index (κ2) is 8.96. The van der Waals surface area contributed by atoms with Crippen molar-refractivity contribution >= 4 is 29.9 Å². The Morgan fingerprint density at radius 3 is 2.52 bits per heavy atom. The van der Waals surface area contributed by atoms with Crippen LogP contribution in [0.2, 0.25) is 5.02 Å². The normalized spacial score (nSPS) is 20.9. The maximum absolute atomic E-state index is 12.6. The number of ether oxygens (including phenoxy) is 1. The summed E-state index contributed by atoms with van der Waals surface area (Å²) in [5.41, 5.74) is 2.02. The van der Waals surface area contributed by atoms with E-state index in [0.29, 0.717) is 29.9 Å². The summed E-state index contributed by atoms with van der Waals surface area (Å²) in [5, 5.41) is 4.11. The number of nitrogens with one attached hydrogen (secondary N) is 1. The van der Waals surface area contributed by atoms with Gasteiger partial charge in [-0.1, -0.05) is 35.9 Å². The molecule has 0 spiro atoms. The van der Waals surface area contributed by atoms with Crippen LogP contribution in [0, 0.1) is 11.8 Å².